The maximum atomic E-state index is 6.68. The number of rotatable bonds is 5. The number of benzene rings is 1. The van der Waals surface area contributed by atoms with Crippen molar-refractivity contribution in [1.82, 2.24) is 15.0 Å². The van der Waals surface area contributed by atoms with Gasteiger partial charge in [0.2, 0.25) is 5.28 Å². The Hall–Kier alpha value is -2.30. The highest BCUT2D eigenvalue weighted by Crippen LogP contribution is 2.28. The molecular weight excluding hydrogens is 320 g/mol. The number of aromatic nitrogens is 3. The summed E-state index contributed by atoms with van der Waals surface area (Å²) in [5, 5.41) is 0.245. The first-order valence-electron chi connectivity index (χ1n) is 7.88. The Labute approximate surface area is 146 Å². The Balaban J connectivity index is 1.91. The molecule has 2 N–H and O–H groups in total. The summed E-state index contributed by atoms with van der Waals surface area (Å²) in [4.78, 5) is 12.4. The summed E-state index contributed by atoms with van der Waals surface area (Å²) < 4.78 is 0. The first kappa shape index (κ1) is 16.6. The lowest BCUT2D eigenvalue weighted by molar-refractivity contribution is 0.423. The lowest BCUT2D eigenvalue weighted by Crippen LogP contribution is -2.38. The van der Waals surface area contributed by atoms with Gasteiger partial charge in [-0.25, -0.2) is 9.97 Å². The van der Waals surface area contributed by atoms with Crippen LogP contribution in [0.15, 0.2) is 61.1 Å². The second-order valence-electron chi connectivity index (χ2n) is 5.84. The molecule has 0 amide bonds. The van der Waals surface area contributed by atoms with E-state index < -0.39 is 5.54 Å². The van der Waals surface area contributed by atoms with Gasteiger partial charge in [0.15, 0.2) is 0 Å². The topological polar surface area (TPSA) is 64.7 Å². The van der Waals surface area contributed by atoms with Gasteiger partial charge in [0.25, 0.3) is 0 Å². The van der Waals surface area contributed by atoms with Gasteiger partial charge in [-0.15, -0.1) is 0 Å². The fourth-order valence-corrected chi connectivity index (χ4v) is 2.94. The van der Waals surface area contributed by atoms with Crippen LogP contribution in [0.25, 0.3) is 11.3 Å². The molecule has 2 aromatic heterocycles. The van der Waals surface area contributed by atoms with Crippen LogP contribution in [0.1, 0.15) is 24.5 Å². The number of hydrogen-bond donors (Lipinski definition) is 1. The molecule has 0 aliphatic heterocycles. The molecule has 24 heavy (non-hydrogen) atoms. The Morgan fingerprint density at radius 3 is 2.71 bits per heavy atom. The van der Waals surface area contributed by atoms with Crippen molar-refractivity contribution in [2.75, 3.05) is 0 Å². The predicted octanol–water partition coefficient (Wildman–Crippen LogP) is 4.00. The van der Waals surface area contributed by atoms with E-state index in [-0.39, 0.29) is 5.28 Å². The van der Waals surface area contributed by atoms with Gasteiger partial charge in [-0.2, -0.15) is 0 Å². The third-order valence-electron chi connectivity index (χ3n) is 4.24. The fourth-order valence-electron chi connectivity index (χ4n) is 2.79. The molecule has 2 heterocycles. The normalized spacial score (nSPS) is 13.5. The molecule has 1 unspecified atom stereocenters. The maximum absolute atomic E-state index is 6.68. The van der Waals surface area contributed by atoms with Crippen molar-refractivity contribution in [3.8, 4) is 11.3 Å². The first-order chi connectivity index (χ1) is 11.6. The summed E-state index contributed by atoms with van der Waals surface area (Å²) in [6.07, 6.45) is 6.81. The molecule has 0 radical (unpaired) electrons. The van der Waals surface area contributed by atoms with E-state index in [1.165, 1.54) is 0 Å². The summed E-state index contributed by atoms with van der Waals surface area (Å²) in [5.41, 5.74) is 10.2. The van der Waals surface area contributed by atoms with Crippen LogP contribution in [-0.4, -0.2) is 15.0 Å². The molecule has 3 rings (SSSR count). The minimum absolute atomic E-state index is 0.245. The van der Waals surface area contributed by atoms with Crippen molar-refractivity contribution in [1.29, 1.82) is 0 Å². The van der Waals surface area contributed by atoms with Crippen LogP contribution < -0.4 is 5.73 Å². The highest BCUT2D eigenvalue weighted by atomic mass is 35.5. The molecule has 4 nitrogen and oxygen atoms in total. The standard InChI is InChI=1S/C19H19ClN4/c1-2-19(21,16-7-4-9-22-13-16)12-14-5-3-6-15(11-14)17-8-10-23-18(20)24-17/h3-11,13H,2,12,21H2,1H3. The van der Waals surface area contributed by atoms with Crippen LogP contribution in [0, 0.1) is 0 Å². The van der Waals surface area contributed by atoms with E-state index in [1.807, 2.05) is 36.5 Å². The molecule has 5 heteroatoms. The van der Waals surface area contributed by atoms with Crippen LogP contribution in [0.5, 0.6) is 0 Å². The van der Waals surface area contributed by atoms with E-state index in [1.54, 1.807) is 12.4 Å². The van der Waals surface area contributed by atoms with E-state index in [2.05, 4.69) is 34.0 Å². The first-order valence-corrected chi connectivity index (χ1v) is 8.26. The quantitative estimate of drug-likeness (QED) is 0.714. The van der Waals surface area contributed by atoms with Gasteiger partial charge >= 0.3 is 0 Å². The van der Waals surface area contributed by atoms with Gasteiger partial charge in [-0.1, -0.05) is 31.2 Å². The van der Waals surface area contributed by atoms with Crippen molar-refractivity contribution < 1.29 is 0 Å². The Morgan fingerprint density at radius 1 is 1.12 bits per heavy atom. The average molecular weight is 339 g/mol. The SMILES string of the molecule is CCC(N)(Cc1cccc(-c2ccnc(Cl)n2)c1)c1cccnc1. The molecular formula is C19H19ClN4. The lowest BCUT2D eigenvalue weighted by atomic mass is 9.83. The zero-order valence-corrected chi connectivity index (χ0v) is 14.2. The Bertz CT molecular complexity index is 822. The predicted molar refractivity (Wildman–Crippen MR) is 96.6 cm³/mol. The summed E-state index contributed by atoms with van der Waals surface area (Å²) in [7, 11) is 0. The van der Waals surface area contributed by atoms with Crippen molar-refractivity contribution in [2.45, 2.75) is 25.3 Å². The highest BCUT2D eigenvalue weighted by Gasteiger charge is 2.26. The third-order valence-corrected chi connectivity index (χ3v) is 4.42. The molecule has 0 aliphatic rings. The summed E-state index contributed by atoms with van der Waals surface area (Å²) in [6, 6.07) is 14.0. The second kappa shape index (κ2) is 7.07. The zero-order valence-electron chi connectivity index (χ0n) is 13.5. The van der Waals surface area contributed by atoms with Gasteiger partial charge in [0.05, 0.1) is 5.69 Å². The fraction of sp³-hybridized carbons (Fsp3) is 0.211. The van der Waals surface area contributed by atoms with Gasteiger partial charge in [0, 0.05) is 29.7 Å². The number of nitrogens with zero attached hydrogens (tertiary/aromatic N) is 3. The van der Waals surface area contributed by atoms with Crippen molar-refractivity contribution in [3.63, 3.8) is 0 Å². The van der Waals surface area contributed by atoms with Gasteiger partial charge in [0.1, 0.15) is 0 Å². The average Bonchev–Trinajstić information content (AvgIpc) is 2.62. The smallest absolute Gasteiger partial charge is 0.222 e. The van der Waals surface area contributed by atoms with Crippen LogP contribution in [0.4, 0.5) is 0 Å². The summed E-state index contributed by atoms with van der Waals surface area (Å²) in [5.74, 6) is 0. The van der Waals surface area contributed by atoms with Gasteiger partial charge < -0.3 is 5.73 Å². The Morgan fingerprint density at radius 2 is 2.00 bits per heavy atom. The van der Waals surface area contributed by atoms with Crippen LogP contribution in [-0.2, 0) is 12.0 Å². The lowest BCUT2D eigenvalue weighted by Gasteiger charge is -2.28. The van der Waals surface area contributed by atoms with E-state index in [0.717, 1.165) is 35.2 Å². The molecule has 0 fully saturated rings. The van der Waals surface area contributed by atoms with Gasteiger partial charge in [-0.05, 0) is 53.8 Å². The number of pyridine rings is 1. The van der Waals surface area contributed by atoms with Crippen LogP contribution in [0.3, 0.4) is 0 Å². The third kappa shape index (κ3) is 3.61. The molecule has 0 saturated heterocycles. The zero-order chi connectivity index (χ0) is 17.0. The van der Waals surface area contributed by atoms with E-state index in [9.17, 15) is 0 Å². The Kier molecular flexibility index (Phi) is 4.88. The largest absolute Gasteiger partial charge is 0.321 e. The van der Waals surface area contributed by atoms with Gasteiger partial charge in [-0.3, -0.25) is 4.98 Å². The molecule has 3 aromatic rings. The molecule has 1 aromatic carbocycles. The maximum Gasteiger partial charge on any atom is 0.222 e. The minimum Gasteiger partial charge on any atom is -0.321 e. The van der Waals surface area contributed by atoms with Crippen molar-refractivity contribution >= 4 is 11.6 Å². The molecule has 1 atom stereocenters. The summed E-state index contributed by atoms with van der Waals surface area (Å²) in [6.45, 7) is 2.10. The number of hydrogen-bond acceptors (Lipinski definition) is 4. The highest BCUT2D eigenvalue weighted by molar-refractivity contribution is 6.28. The molecule has 0 saturated carbocycles. The van der Waals surface area contributed by atoms with Crippen molar-refractivity contribution in [3.05, 3.63) is 77.5 Å². The second-order valence-corrected chi connectivity index (χ2v) is 6.18. The molecule has 122 valence electrons. The summed E-state index contributed by atoms with van der Waals surface area (Å²) >= 11 is 5.89. The minimum atomic E-state index is -0.448. The molecule has 0 aliphatic carbocycles. The van der Waals surface area contributed by atoms with E-state index >= 15 is 0 Å². The monoisotopic (exact) mass is 338 g/mol. The molecule has 0 bridgehead atoms. The number of halogens is 1. The van der Waals surface area contributed by atoms with E-state index in [4.69, 9.17) is 17.3 Å². The van der Waals surface area contributed by atoms with Crippen LogP contribution >= 0.6 is 11.6 Å². The molecule has 0 spiro atoms. The van der Waals surface area contributed by atoms with E-state index in [0.29, 0.717) is 0 Å². The van der Waals surface area contributed by atoms with Crippen molar-refractivity contribution in [2.24, 2.45) is 5.73 Å². The van der Waals surface area contributed by atoms with Crippen LogP contribution in [0.2, 0.25) is 5.28 Å². The number of nitrogens with two attached hydrogens (primary N) is 1.